The third-order valence-corrected chi connectivity index (χ3v) is 2.32. The van der Waals surface area contributed by atoms with Gasteiger partial charge in [0, 0.05) is 6.07 Å². The predicted octanol–water partition coefficient (Wildman–Crippen LogP) is 2.57. The summed E-state index contributed by atoms with van der Waals surface area (Å²) in [7, 11) is 1.53. The Kier molecular flexibility index (Phi) is 4.17. The average molecular weight is 224 g/mol. The molecule has 1 atom stereocenters. The Balaban J connectivity index is 3.05. The molecule has 0 unspecified atom stereocenters. The Bertz CT molecular complexity index is 373. The number of benzene rings is 1. The Morgan fingerprint density at radius 1 is 1.50 bits per heavy atom. The molecule has 0 radical (unpaired) electrons. The van der Waals surface area contributed by atoms with E-state index in [0.29, 0.717) is 11.5 Å². The van der Waals surface area contributed by atoms with Crippen LogP contribution in [0.5, 0.6) is 11.5 Å². The van der Waals surface area contributed by atoms with Crippen molar-refractivity contribution in [1.29, 1.82) is 0 Å². The summed E-state index contributed by atoms with van der Waals surface area (Å²) in [6.07, 6.45) is 0.793. The second kappa shape index (κ2) is 5.39. The van der Waals surface area contributed by atoms with Crippen LogP contribution in [-0.2, 0) is 0 Å². The maximum Gasteiger partial charge on any atom is 0.339 e. The van der Waals surface area contributed by atoms with Crippen molar-refractivity contribution in [2.75, 3.05) is 7.11 Å². The molecule has 0 aliphatic heterocycles. The second-order valence-electron chi connectivity index (χ2n) is 3.50. The monoisotopic (exact) mass is 224 g/mol. The summed E-state index contributed by atoms with van der Waals surface area (Å²) in [4.78, 5) is 11.0. The van der Waals surface area contributed by atoms with Crippen LogP contribution in [0, 0.1) is 0 Å². The van der Waals surface area contributed by atoms with Crippen molar-refractivity contribution in [1.82, 2.24) is 0 Å². The van der Waals surface area contributed by atoms with Gasteiger partial charge in [-0.3, -0.25) is 0 Å². The van der Waals surface area contributed by atoms with Crippen molar-refractivity contribution < 1.29 is 19.4 Å². The Morgan fingerprint density at radius 3 is 2.69 bits per heavy atom. The van der Waals surface area contributed by atoms with Crippen LogP contribution >= 0.6 is 0 Å². The van der Waals surface area contributed by atoms with Gasteiger partial charge in [-0.1, -0.05) is 6.92 Å². The van der Waals surface area contributed by atoms with Crippen molar-refractivity contribution in [2.45, 2.75) is 26.4 Å². The van der Waals surface area contributed by atoms with Crippen molar-refractivity contribution >= 4 is 5.97 Å². The van der Waals surface area contributed by atoms with Gasteiger partial charge in [0.15, 0.2) is 0 Å². The molecule has 1 aromatic carbocycles. The van der Waals surface area contributed by atoms with Gasteiger partial charge in [-0.25, -0.2) is 4.79 Å². The summed E-state index contributed by atoms with van der Waals surface area (Å²) in [6, 6.07) is 4.68. The van der Waals surface area contributed by atoms with E-state index >= 15 is 0 Å². The Hall–Kier alpha value is -1.71. The minimum Gasteiger partial charge on any atom is -0.497 e. The number of rotatable bonds is 5. The Morgan fingerprint density at radius 2 is 2.19 bits per heavy atom. The summed E-state index contributed by atoms with van der Waals surface area (Å²) in [5, 5.41) is 8.99. The first-order valence-electron chi connectivity index (χ1n) is 5.16. The van der Waals surface area contributed by atoms with E-state index in [9.17, 15) is 4.79 Å². The van der Waals surface area contributed by atoms with Crippen LogP contribution in [0.2, 0.25) is 0 Å². The van der Waals surface area contributed by atoms with E-state index in [1.54, 1.807) is 12.1 Å². The zero-order valence-corrected chi connectivity index (χ0v) is 9.69. The van der Waals surface area contributed by atoms with Crippen LogP contribution in [0.3, 0.4) is 0 Å². The van der Waals surface area contributed by atoms with Gasteiger partial charge in [-0.2, -0.15) is 0 Å². The maximum absolute atomic E-state index is 11.0. The topological polar surface area (TPSA) is 55.8 Å². The van der Waals surface area contributed by atoms with Crippen molar-refractivity contribution in [2.24, 2.45) is 0 Å². The lowest BCUT2D eigenvalue weighted by atomic mass is 10.2. The van der Waals surface area contributed by atoms with Crippen molar-refractivity contribution in [3.63, 3.8) is 0 Å². The normalized spacial score (nSPS) is 11.9. The largest absolute Gasteiger partial charge is 0.497 e. The zero-order valence-electron chi connectivity index (χ0n) is 9.69. The third kappa shape index (κ3) is 2.89. The highest BCUT2D eigenvalue weighted by Crippen LogP contribution is 2.26. The quantitative estimate of drug-likeness (QED) is 0.835. The molecule has 0 aromatic heterocycles. The van der Waals surface area contributed by atoms with Crippen LogP contribution in [0.15, 0.2) is 18.2 Å². The molecule has 0 saturated heterocycles. The second-order valence-corrected chi connectivity index (χ2v) is 3.50. The molecule has 0 saturated carbocycles. The molecule has 1 N–H and O–H groups in total. The lowest BCUT2D eigenvalue weighted by molar-refractivity contribution is 0.0689. The molecule has 0 amide bonds. The summed E-state index contributed by atoms with van der Waals surface area (Å²) in [5.41, 5.74) is 0.154. The summed E-state index contributed by atoms with van der Waals surface area (Å²) in [5.74, 6) is -0.0644. The van der Waals surface area contributed by atoms with Gasteiger partial charge in [-0.05, 0) is 25.5 Å². The number of ether oxygens (including phenoxy) is 2. The van der Waals surface area contributed by atoms with E-state index in [1.165, 1.54) is 13.2 Å². The molecule has 1 rings (SSSR count). The lowest BCUT2D eigenvalue weighted by Gasteiger charge is -2.15. The first kappa shape index (κ1) is 12.4. The maximum atomic E-state index is 11.0. The van der Waals surface area contributed by atoms with Crippen molar-refractivity contribution in [3.8, 4) is 11.5 Å². The highest BCUT2D eigenvalue weighted by Gasteiger charge is 2.14. The van der Waals surface area contributed by atoms with Gasteiger partial charge in [0.25, 0.3) is 0 Å². The van der Waals surface area contributed by atoms with E-state index < -0.39 is 5.97 Å². The number of aromatic carboxylic acids is 1. The van der Waals surface area contributed by atoms with Crippen molar-refractivity contribution in [3.05, 3.63) is 23.8 Å². The fraction of sp³-hybridized carbons (Fsp3) is 0.417. The SMILES string of the molecule is CC[C@H](C)Oc1cc(OC)ccc1C(=O)O. The highest BCUT2D eigenvalue weighted by atomic mass is 16.5. The van der Waals surface area contributed by atoms with Gasteiger partial charge >= 0.3 is 5.97 Å². The van der Waals surface area contributed by atoms with Gasteiger partial charge in [0.2, 0.25) is 0 Å². The molecule has 0 spiro atoms. The molecule has 88 valence electrons. The van der Waals surface area contributed by atoms with E-state index in [-0.39, 0.29) is 11.7 Å². The fourth-order valence-corrected chi connectivity index (χ4v) is 1.20. The number of carbonyl (C=O) groups is 1. The molecule has 0 aliphatic rings. The number of hydrogen-bond acceptors (Lipinski definition) is 3. The standard InChI is InChI=1S/C12H16O4/c1-4-8(2)16-11-7-9(15-3)5-6-10(11)12(13)14/h5-8H,4H2,1-3H3,(H,13,14)/t8-/m0/s1. The minimum atomic E-state index is -0.999. The van der Waals surface area contributed by atoms with Crippen LogP contribution < -0.4 is 9.47 Å². The summed E-state index contributed by atoms with van der Waals surface area (Å²) >= 11 is 0. The van der Waals surface area contributed by atoms with Gasteiger partial charge in [0.1, 0.15) is 17.1 Å². The Labute approximate surface area is 94.8 Å². The lowest BCUT2D eigenvalue weighted by Crippen LogP contribution is -2.12. The molecule has 0 fully saturated rings. The zero-order chi connectivity index (χ0) is 12.1. The minimum absolute atomic E-state index is 0.0230. The van der Waals surface area contributed by atoms with Crippen LogP contribution in [-0.4, -0.2) is 24.3 Å². The number of carboxylic acids is 1. The van der Waals surface area contributed by atoms with Crippen LogP contribution in [0.1, 0.15) is 30.6 Å². The predicted molar refractivity (Wildman–Crippen MR) is 60.3 cm³/mol. The van der Waals surface area contributed by atoms with Gasteiger partial charge in [-0.15, -0.1) is 0 Å². The van der Waals surface area contributed by atoms with E-state index in [0.717, 1.165) is 6.42 Å². The molecule has 1 aromatic rings. The smallest absolute Gasteiger partial charge is 0.339 e. The molecule has 0 heterocycles. The van der Waals surface area contributed by atoms with E-state index in [1.807, 2.05) is 13.8 Å². The number of hydrogen-bond donors (Lipinski definition) is 1. The molecule has 4 heteroatoms. The van der Waals surface area contributed by atoms with E-state index in [4.69, 9.17) is 14.6 Å². The first-order chi connectivity index (χ1) is 7.58. The number of carboxylic acid groups (broad SMARTS) is 1. The molecular formula is C12H16O4. The summed E-state index contributed by atoms with van der Waals surface area (Å²) < 4.78 is 10.6. The van der Waals surface area contributed by atoms with Gasteiger partial charge in [0.05, 0.1) is 13.2 Å². The van der Waals surface area contributed by atoms with Gasteiger partial charge < -0.3 is 14.6 Å². The average Bonchev–Trinajstić information content (AvgIpc) is 2.28. The number of methoxy groups -OCH3 is 1. The third-order valence-electron chi connectivity index (χ3n) is 2.32. The molecule has 16 heavy (non-hydrogen) atoms. The first-order valence-corrected chi connectivity index (χ1v) is 5.16. The summed E-state index contributed by atoms with van der Waals surface area (Å²) in [6.45, 7) is 3.87. The van der Waals surface area contributed by atoms with E-state index in [2.05, 4.69) is 0 Å². The van der Waals surface area contributed by atoms with Crippen LogP contribution in [0.25, 0.3) is 0 Å². The molecule has 0 bridgehead atoms. The fourth-order valence-electron chi connectivity index (χ4n) is 1.20. The molecule has 4 nitrogen and oxygen atoms in total. The molecular weight excluding hydrogens is 208 g/mol. The molecule has 0 aliphatic carbocycles. The van der Waals surface area contributed by atoms with Crippen LogP contribution in [0.4, 0.5) is 0 Å². The highest BCUT2D eigenvalue weighted by molar-refractivity contribution is 5.91.